The van der Waals surface area contributed by atoms with Gasteiger partial charge in [0.25, 0.3) is 0 Å². The molecule has 1 aliphatic carbocycles. The Balaban J connectivity index is 1.12. The summed E-state index contributed by atoms with van der Waals surface area (Å²) in [4.78, 5) is 29.4. The Morgan fingerprint density at radius 3 is 2.69 bits per heavy atom. The van der Waals surface area contributed by atoms with Crippen LogP contribution in [0.25, 0.3) is 10.8 Å². The van der Waals surface area contributed by atoms with E-state index in [4.69, 9.17) is 0 Å². The van der Waals surface area contributed by atoms with E-state index in [-0.39, 0.29) is 23.8 Å². The molecule has 2 fully saturated rings. The van der Waals surface area contributed by atoms with Crippen molar-refractivity contribution in [2.45, 2.75) is 44.2 Å². The molecule has 2 aromatic carbocycles. The predicted molar refractivity (Wildman–Crippen MR) is 124 cm³/mol. The zero-order valence-electron chi connectivity index (χ0n) is 18.1. The van der Waals surface area contributed by atoms with Gasteiger partial charge in [0, 0.05) is 24.2 Å². The highest BCUT2D eigenvalue weighted by molar-refractivity contribution is 5.95. The molecule has 0 bridgehead atoms. The smallest absolute Gasteiger partial charge is 0.230 e. The number of hydrogen-bond acceptors (Lipinski definition) is 4. The second kappa shape index (κ2) is 9.12. The molecule has 2 aliphatic rings. The van der Waals surface area contributed by atoms with Gasteiger partial charge in [-0.25, -0.2) is 4.98 Å². The largest absolute Gasteiger partial charge is 0.353 e. The number of carbonyl (C=O) groups excluding carboxylic acids is 2. The van der Waals surface area contributed by atoms with Crippen LogP contribution in [-0.2, 0) is 16.0 Å². The summed E-state index contributed by atoms with van der Waals surface area (Å²) in [6.07, 6.45) is 7.60. The number of hydrogen-bond donors (Lipinski definition) is 3. The van der Waals surface area contributed by atoms with Gasteiger partial charge in [-0.2, -0.15) is 0 Å². The van der Waals surface area contributed by atoms with E-state index in [9.17, 15) is 9.59 Å². The molecule has 5 rings (SSSR count). The number of rotatable bonds is 6. The van der Waals surface area contributed by atoms with Gasteiger partial charge in [0.05, 0.1) is 12.7 Å². The Hall–Kier alpha value is -3.19. The molecule has 0 atom stereocenters. The number of imidazole rings is 1. The monoisotopic (exact) mass is 431 g/mol. The van der Waals surface area contributed by atoms with Gasteiger partial charge in [-0.1, -0.05) is 42.5 Å². The molecule has 1 aliphatic heterocycles. The lowest BCUT2D eigenvalue weighted by molar-refractivity contribution is -0.127. The van der Waals surface area contributed by atoms with Gasteiger partial charge in [-0.15, -0.1) is 0 Å². The van der Waals surface area contributed by atoms with Crippen molar-refractivity contribution >= 4 is 28.4 Å². The van der Waals surface area contributed by atoms with Crippen molar-refractivity contribution in [1.82, 2.24) is 20.2 Å². The highest BCUT2D eigenvalue weighted by Gasteiger charge is 2.33. The van der Waals surface area contributed by atoms with E-state index in [0.717, 1.165) is 55.1 Å². The average Bonchev–Trinajstić information content (AvgIpc) is 3.24. The van der Waals surface area contributed by atoms with E-state index in [0.29, 0.717) is 18.3 Å². The minimum absolute atomic E-state index is 0.0766. The first kappa shape index (κ1) is 20.7. The molecule has 1 aromatic heterocycles. The lowest BCUT2D eigenvalue weighted by atomic mass is 9.85. The summed E-state index contributed by atoms with van der Waals surface area (Å²) in [5, 5.41) is 11.6. The molecule has 166 valence electrons. The Labute approximate surface area is 187 Å². The summed E-state index contributed by atoms with van der Waals surface area (Å²) in [6.45, 7) is 1.85. The van der Waals surface area contributed by atoms with Gasteiger partial charge in [-0.05, 0) is 55.1 Å². The topological polar surface area (TPSA) is 88.0 Å². The minimum atomic E-state index is -0.0766. The fourth-order valence-electron chi connectivity index (χ4n) is 4.76. The maximum atomic E-state index is 12.6. The molecule has 2 heterocycles. The molecular formula is C25H29N5O2. The van der Waals surface area contributed by atoms with Gasteiger partial charge in [-0.3, -0.25) is 9.59 Å². The van der Waals surface area contributed by atoms with E-state index in [2.05, 4.69) is 33.1 Å². The van der Waals surface area contributed by atoms with Crippen LogP contribution in [-0.4, -0.2) is 40.5 Å². The van der Waals surface area contributed by atoms with Gasteiger partial charge in [0.15, 0.2) is 5.82 Å². The zero-order valence-corrected chi connectivity index (χ0v) is 18.1. The van der Waals surface area contributed by atoms with Crippen LogP contribution in [0.2, 0.25) is 0 Å². The second-order valence-corrected chi connectivity index (χ2v) is 8.92. The number of piperidine rings is 1. The van der Waals surface area contributed by atoms with Crippen molar-refractivity contribution in [3.05, 3.63) is 60.6 Å². The van der Waals surface area contributed by atoms with Crippen molar-refractivity contribution in [2.24, 2.45) is 5.92 Å². The van der Waals surface area contributed by atoms with E-state index < -0.39 is 0 Å². The molecule has 7 nitrogen and oxygen atoms in total. The standard InChI is InChI=1S/C25H29N5O2/c31-24(12-19-6-3-5-17-4-1-2-7-22(17)19)29-23-15-30(16-27-23)21-13-20(14-21)28-25(32)18-8-10-26-11-9-18/h1-7,15-16,18,20-21,26H,8-14H2,(H,28,32)(H,29,31). The molecule has 2 amide bonds. The summed E-state index contributed by atoms with van der Waals surface area (Å²) in [6, 6.07) is 14.7. The van der Waals surface area contributed by atoms with Crippen LogP contribution in [0.1, 0.15) is 37.3 Å². The SMILES string of the molecule is O=C(Cc1cccc2ccccc12)Nc1cn(C2CC(NC(=O)C3CCNCC3)C2)cn1. The van der Waals surface area contributed by atoms with Crippen molar-refractivity contribution in [3.8, 4) is 0 Å². The Bertz CT molecular complexity index is 1110. The molecule has 0 radical (unpaired) electrons. The molecule has 0 spiro atoms. The fraction of sp³-hybridized carbons (Fsp3) is 0.400. The number of benzene rings is 2. The van der Waals surface area contributed by atoms with Crippen molar-refractivity contribution < 1.29 is 9.59 Å². The molecule has 7 heteroatoms. The number of fused-ring (bicyclic) bond motifs is 1. The van der Waals surface area contributed by atoms with Gasteiger partial charge in [0.2, 0.25) is 11.8 Å². The lowest BCUT2D eigenvalue weighted by Gasteiger charge is -2.37. The lowest BCUT2D eigenvalue weighted by Crippen LogP contribution is -2.48. The van der Waals surface area contributed by atoms with Crippen LogP contribution < -0.4 is 16.0 Å². The number of nitrogens with one attached hydrogen (secondary N) is 3. The summed E-state index contributed by atoms with van der Waals surface area (Å²) >= 11 is 0. The number of nitrogens with zero attached hydrogens (tertiary/aromatic N) is 2. The Kier molecular flexibility index (Phi) is 5.90. The number of aromatic nitrogens is 2. The Morgan fingerprint density at radius 1 is 1.06 bits per heavy atom. The van der Waals surface area contributed by atoms with E-state index in [1.807, 2.05) is 41.1 Å². The van der Waals surface area contributed by atoms with Crippen molar-refractivity contribution in [2.75, 3.05) is 18.4 Å². The Morgan fingerprint density at radius 2 is 1.84 bits per heavy atom. The summed E-state index contributed by atoms with van der Waals surface area (Å²) in [5.41, 5.74) is 1.01. The molecule has 1 saturated heterocycles. The van der Waals surface area contributed by atoms with Crippen LogP contribution in [0, 0.1) is 5.92 Å². The van der Waals surface area contributed by atoms with E-state index >= 15 is 0 Å². The van der Waals surface area contributed by atoms with Gasteiger partial charge < -0.3 is 20.5 Å². The van der Waals surface area contributed by atoms with Crippen LogP contribution in [0.4, 0.5) is 5.82 Å². The normalized spacial score (nSPS) is 21.1. The average molecular weight is 432 g/mol. The van der Waals surface area contributed by atoms with Crippen molar-refractivity contribution in [1.29, 1.82) is 0 Å². The first-order valence-corrected chi connectivity index (χ1v) is 11.5. The van der Waals surface area contributed by atoms with Crippen LogP contribution in [0.5, 0.6) is 0 Å². The first-order valence-electron chi connectivity index (χ1n) is 11.5. The summed E-state index contributed by atoms with van der Waals surface area (Å²) in [5.74, 6) is 0.832. The van der Waals surface area contributed by atoms with E-state index in [1.165, 1.54) is 0 Å². The molecule has 0 unspecified atom stereocenters. The highest BCUT2D eigenvalue weighted by Crippen LogP contribution is 2.33. The van der Waals surface area contributed by atoms with Gasteiger partial charge >= 0.3 is 0 Å². The maximum Gasteiger partial charge on any atom is 0.230 e. The van der Waals surface area contributed by atoms with Gasteiger partial charge in [0.1, 0.15) is 0 Å². The van der Waals surface area contributed by atoms with Crippen molar-refractivity contribution in [3.63, 3.8) is 0 Å². The summed E-state index contributed by atoms with van der Waals surface area (Å²) in [7, 11) is 0. The minimum Gasteiger partial charge on any atom is -0.353 e. The highest BCUT2D eigenvalue weighted by atomic mass is 16.2. The molecule has 3 aromatic rings. The number of amides is 2. The van der Waals surface area contributed by atoms with E-state index in [1.54, 1.807) is 6.33 Å². The van der Waals surface area contributed by atoms with Crippen LogP contribution >= 0.6 is 0 Å². The predicted octanol–water partition coefficient (Wildman–Crippen LogP) is 3.04. The first-order chi connectivity index (χ1) is 15.7. The molecule has 3 N–H and O–H groups in total. The number of carbonyl (C=O) groups is 2. The second-order valence-electron chi connectivity index (χ2n) is 8.92. The molecular weight excluding hydrogens is 402 g/mol. The molecule has 1 saturated carbocycles. The third kappa shape index (κ3) is 4.53. The fourth-order valence-corrected chi connectivity index (χ4v) is 4.76. The number of anilines is 1. The van der Waals surface area contributed by atoms with Crippen LogP contribution in [0.3, 0.4) is 0 Å². The molecule has 32 heavy (non-hydrogen) atoms. The van der Waals surface area contributed by atoms with Crippen LogP contribution in [0.15, 0.2) is 55.0 Å². The quantitative estimate of drug-likeness (QED) is 0.560. The third-order valence-electron chi connectivity index (χ3n) is 6.69. The third-order valence-corrected chi connectivity index (χ3v) is 6.69. The maximum absolute atomic E-state index is 12.6. The summed E-state index contributed by atoms with van der Waals surface area (Å²) < 4.78 is 2.04. The zero-order chi connectivity index (χ0) is 21.9.